The van der Waals surface area contributed by atoms with Crippen LogP contribution in [0, 0.1) is 11.3 Å². The molecule has 68 valence electrons. The maximum Gasteiger partial charge on any atom is 0.153 e. The third-order valence-electron chi connectivity index (χ3n) is 1.99. The van der Waals surface area contributed by atoms with Gasteiger partial charge in [0.25, 0.3) is 0 Å². The molecule has 0 amide bonds. The van der Waals surface area contributed by atoms with E-state index in [2.05, 4.69) is 0 Å². The number of aromatic hydroxyl groups is 1. The summed E-state index contributed by atoms with van der Waals surface area (Å²) in [6.07, 6.45) is 0.551. The average molecular weight is 203 g/mol. The minimum Gasteiger partial charge on any atom is -0.506 e. The molecule has 0 atom stereocenters. The van der Waals surface area contributed by atoms with Gasteiger partial charge in [0.15, 0.2) is 6.29 Å². The monoisotopic (exact) mass is 203 g/mol. The molecule has 0 spiro atoms. The first-order chi connectivity index (χ1) is 6.77. The van der Waals surface area contributed by atoms with E-state index in [0.717, 1.165) is 0 Å². The van der Waals surface area contributed by atoms with E-state index in [9.17, 15) is 9.90 Å². The van der Waals surface area contributed by atoms with Gasteiger partial charge in [-0.15, -0.1) is 11.3 Å². The van der Waals surface area contributed by atoms with Gasteiger partial charge in [-0.2, -0.15) is 5.26 Å². The van der Waals surface area contributed by atoms with Crippen LogP contribution in [0.15, 0.2) is 17.5 Å². The lowest BCUT2D eigenvalue weighted by atomic mass is 10.1. The topological polar surface area (TPSA) is 61.1 Å². The van der Waals surface area contributed by atoms with E-state index >= 15 is 0 Å². The number of carbonyl (C=O) groups excluding carboxylic acids is 1. The summed E-state index contributed by atoms with van der Waals surface area (Å²) >= 11 is 1.31. The Morgan fingerprint density at radius 1 is 1.57 bits per heavy atom. The van der Waals surface area contributed by atoms with Gasteiger partial charge in [-0.25, -0.2) is 0 Å². The minimum atomic E-state index is -0.0380. The highest BCUT2D eigenvalue weighted by atomic mass is 32.1. The third-order valence-corrected chi connectivity index (χ3v) is 2.91. The van der Waals surface area contributed by atoms with Crippen molar-refractivity contribution in [3.8, 4) is 11.8 Å². The quantitative estimate of drug-likeness (QED) is 0.723. The van der Waals surface area contributed by atoms with Crippen LogP contribution >= 0.6 is 11.3 Å². The summed E-state index contributed by atoms with van der Waals surface area (Å²) in [5.74, 6) is -0.0380. The number of nitrogens with zero attached hydrogens (tertiary/aromatic N) is 1. The molecule has 14 heavy (non-hydrogen) atoms. The Morgan fingerprint density at radius 3 is 3.00 bits per heavy atom. The fourth-order valence-corrected chi connectivity index (χ4v) is 2.19. The highest BCUT2D eigenvalue weighted by molar-refractivity contribution is 7.17. The minimum absolute atomic E-state index is 0.0380. The second kappa shape index (κ2) is 3.13. The number of phenolic OH excluding ortho intramolecular Hbond substituents is 1. The molecule has 4 heteroatoms. The SMILES string of the molecule is N#Cc1cc(C=O)c(O)c2sccc12. The molecule has 0 unspecified atom stereocenters. The maximum atomic E-state index is 10.6. The molecule has 0 radical (unpaired) electrons. The standard InChI is InChI=1S/C10H5NO2S/c11-4-6-3-7(5-12)9(13)10-8(6)1-2-14-10/h1-3,5,13H. The van der Waals surface area contributed by atoms with Crippen molar-refractivity contribution in [2.45, 2.75) is 0 Å². The van der Waals surface area contributed by atoms with Gasteiger partial charge in [0, 0.05) is 5.39 Å². The summed E-state index contributed by atoms with van der Waals surface area (Å²) in [4.78, 5) is 10.6. The molecule has 1 aromatic carbocycles. The normalized spacial score (nSPS) is 9.93. The zero-order valence-electron chi connectivity index (χ0n) is 7.02. The van der Waals surface area contributed by atoms with Crippen LogP contribution in [-0.4, -0.2) is 11.4 Å². The number of fused-ring (bicyclic) bond motifs is 1. The summed E-state index contributed by atoms with van der Waals surface area (Å²) in [6.45, 7) is 0. The van der Waals surface area contributed by atoms with Crippen molar-refractivity contribution < 1.29 is 9.90 Å². The van der Waals surface area contributed by atoms with Crippen LogP contribution in [0.5, 0.6) is 5.75 Å². The third kappa shape index (κ3) is 1.07. The van der Waals surface area contributed by atoms with Crippen molar-refractivity contribution in [2.24, 2.45) is 0 Å². The molecule has 2 aromatic rings. The Hall–Kier alpha value is -1.86. The Morgan fingerprint density at radius 2 is 2.36 bits per heavy atom. The highest BCUT2D eigenvalue weighted by Crippen LogP contribution is 2.34. The number of phenols is 1. The van der Waals surface area contributed by atoms with Crippen molar-refractivity contribution in [1.82, 2.24) is 0 Å². The first-order valence-corrected chi connectivity index (χ1v) is 4.74. The van der Waals surface area contributed by atoms with Crippen molar-refractivity contribution in [1.29, 1.82) is 5.26 Å². The fourth-order valence-electron chi connectivity index (χ4n) is 1.32. The molecule has 0 fully saturated rings. The zero-order valence-corrected chi connectivity index (χ0v) is 7.84. The number of rotatable bonds is 1. The second-order valence-electron chi connectivity index (χ2n) is 2.76. The number of carbonyl (C=O) groups is 1. The maximum absolute atomic E-state index is 10.6. The highest BCUT2D eigenvalue weighted by Gasteiger charge is 2.11. The number of nitriles is 1. The Balaban J connectivity index is 2.95. The van der Waals surface area contributed by atoms with Gasteiger partial charge in [-0.05, 0) is 17.5 Å². The Kier molecular flexibility index (Phi) is 1.95. The van der Waals surface area contributed by atoms with E-state index in [-0.39, 0.29) is 11.3 Å². The van der Waals surface area contributed by atoms with Gasteiger partial charge >= 0.3 is 0 Å². The molecule has 1 heterocycles. The molecule has 0 saturated carbocycles. The van der Waals surface area contributed by atoms with Crippen molar-refractivity contribution >= 4 is 27.7 Å². The van der Waals surface area contributed by atoms with Crippen LogP contribution in [0.2, 0.25) is 0 Å². The van der Waals surface area contributed by atoms with Crippen LogP contribution in [-0.2, 0) is 0 Å². The van der Waals surface area contributed by atoms with Crippen LogP contribution in [0.4, 0.5) is 0 Å². The molecule has 0 bridgehead atoms. The molecular formula is C10H5NO2S. The molecule has 0 saturated heterocycles. The van der Waals surface area contributed by atoms with Crippen molar-refractivity contribution in [3.05, 3.63) is 28.6 Å². The molecule has 3 nitrogen and oxygen atoms in total. The molecule has 0 aliphatic carbocycles. The van der Waals surface area contributed by atoms with Crippen LogP contribution in [0.25, 0.3) is 10.1 Å². The van der Waals surface area contributed by atoms with Crippen LogP contribution in [0.3, 0.4) is 0 Å². The van der Waals surface area contributed by atoms with E-state index in [0.29, 0.717) is 21.9 Å². The number of hydrogen-bond acceptors (Lipinski definition) is 4. The smallest absolute Gasteiger partial charge is 0.153 e. The lowest BCUT2D eigenvalue weighted by molar-refractivity contribution is 0.112. The van der Waals surface area contributed by atoms with Crippen LogP contribution in [0.1, 0.15) is 15.9 Å². The van der Waals surface area contributed by atoms with E-state index in [1.54, 1.807) is 11.4 Å². The lowest BCUT2D eigenvalue weighted by Gasteiger charge is -2.00. The largest absolute Gasteiger partial charge is 0.506 e. The molecule has 1 N–H and O–H groups in total. The number of aldehydes is 1. The molecule has 2 rings (SSSR count). The lowest BCUT2D eigenvalue weighted by Crippen LogP contribution is -1.84. The summed E-state index contributed by atoms with van der Waals surface area (Å²) < 4.78 is 0.589. The van der Waals surface area contributed by atoms with Gasteiger partial charge in [-0.1, -0.05) is 0 Å². The van der Waals surface area contributed by atoms with Gasteiger partial charge in [-0.3, -0.25) is 4.79 Å². The Labute approximate surface area is 83.8 Å². The number of hydrogen-bond donors (Lipinski definition) is 1. The van der Waals surface area contributed by atoms with Gasteiger partial charge in [0.05, 0.1) is 21.9 Å². The molecule has 1 aromatic heterocycles. The number of thiophene rings is 1. The fraction of sp³-hybridized carbons (Fsp3) is 0. The van der Waals surface area contributed by atoms with E-state index in [1.807, 2.05) is 6.07 Å². The zero-order chi connectivity index (χ0) is 10.1. The summed E-state index contributed by atoms with van der Waals surface area (Å²) in [5, 5.41) is 20.9. The summed E-state index contributed by atoms with van der Waals surface area (Å²) in [6, 6.07) is 5.15. The van der Waals surface area contributed by atoms with E-state index in [4.69, 9.17) is 5.26 Å². The predicted molar refractivity (Wildman–Crippen MR) is 53.6 cm³/mol. The molecule has 0 aliphatic rings. The Bertz CT molecular complexity index is 551. The first kappa shape index (κ1) is 8.73. The first-order valence-electron chi connectivity index (χ1n) is 3.86. The van der Waals surface area contributed by atoms with Crippen LogP contribution < -0.4 is 0 Å². The number of benzene rings is 1. The summed E-state index contributed by atoms with van der Waals surface area (Å²) in [7, 11) is 0. The average Bonchev–Trinajstić information content (AvgIpc) is 2.68. The molecular weight excluding hydrogens is 198 g/mol. The van der Waals surface area contributed by atoms with Crippen molar-refractivity contribution in [2.75, 3.05) is 0 Å². The second-order valence-corrected chi connectivity index (χ2v) is 3.67. The van der Waals surface area contributed by atoms with E-state index < -0.39 is 0 Å². The predicted octanol–water partition coefficient (Wildman–Crippen LogP) is 2.29. The van der Waals surface area contributed by atoms with Gasteiger partial charge in [0.1, 0.15) is 5.75 Å². The van der Waals surface area contributed by atoms with Gasteiger partial charge in [0.2, 0.25) is 0 Å². The van der Waals surface area contributed by atoms with Gasteiger partial charge < -0.3 is 5.11 Å². The van der Waals surface area contributed by atoms with Crippen molar-refractivity contribution in [3.63, 3.8) is 0 Å². The summed E-state index contributed by atoms with van der Waals surface area (Å²) in [5.41, 5.74) is 0.581. The molecule has 0 aliphatic heterocycles. The van der Waals surface area contributed by atoms with E-state index in [1.165, 1.54) is 17.4 Å².